The number of furan rings is 1. The molecule has 1 aliphatic rings. The summed E-state index contributed by atoms with van der Waals surface area (Å²) in [5, 5.41) is 2.26. The minimum atomic E-state index is -0.269. The maximum Gasteiger partial charge on any atom is 0.160 e. The van der Waals surface area contributed by atoms with Gasteiger partial charge in [0.1, 0.15) is 11.2 Å². The lowest BCUT2D eigenvalue weighted by molar-refractivity contribution is 0.658. The molecule has 0 saturated heterocycles. The standard InChI is InChI=1S/C48H33N3O/c1-48(2)41-23-5-3-20-40(41)45-43(48)44(34-16-8-14-32(27-34)36-18-11-25-49-29-36)50-47(51-45)35-17-9-13-31(28-35)30-12-7-15-33(26-30)37-21-10-22-39-38-19-4-6-24-42(38)52-46(37)39/h3-29H,1-2H3. The van der Waals surface area contributed by atoms with Gasteiger partial charge in [-0.05, 0) is 58.1 Å². The molecule has 3 heterocycles. The van der Waals surface area contributed by atoms with Crippen molar-refractivity contribution in [3.63, 3.8) is 0 Å². The molecule has 0 unspecified atom stereocenters. The van der Waals surface area contributed by atoms with Crippen molar-refractivity contribution in [1.29, 1.82) is 0 Å². The van der Waals surface area contributed by atoms with Gasteiger partial charge >= 0.3 is 0 Å². The highest BCUT2D eigenvalue weighted by molar-refractivity contribution is 6.09. The highest BCUT2D eigenvalue weighted by atomic mass is 16.3. The van der Waals surface area contributed by atoms with Crippen molar-refractivity contribution in [2.75, 3.05) is 0 Å². The van der Waals surface area contributed by atoms with E-state index in [0.717, 1.165) is 83.4 Å². The first-order valence-electron chi connectivity index (χ1n) is 17.7. The molecule has 0 aliphatic heterocycles. The Balaban J connectivity index is 1.11. The zero-order valence-electron chi connectivity index (χ0n) is 28.8. The van der Waals surface area contributed by atoms with Crippen molar-refractivity contribution in [2.24, 2.45) is 0 Å². The Kier molecular flexibility index (Phi) is 6.80. The van der Waals surface area contributed by atoms with Gasteiger partial charge in [-0.3, -0.25) is 4.98 Å². The summed E-state index contributed by atoms with van der Waals surface area (Å²) in [5.74, 6) is 0.707. The molecule has 0 fully saturated rings. The Morgan fingerprint density at radius 1 is 0.481 bits per heavy atom. The predicted octanol–water partition coefficient (Wildman–Crippen LogP) is 12.4. The van der Waals surface area contributed by atoms with E-state index in [1.165, 1.54) is 11.1 Å². The van der Waals surface area contributed by atoms with Crippen LogP contribution in [0.15, 0.2) is 168 Å². The van der Waals surface area contributed by atoms with E-state index in [2.05, 4.69) is 152 Å². The molecule has 4 nitrogen and oxygen atoms in total. The Morgan fingerprint density at radius 2 is 1.08 bits per heavy atom. The van der Waals surface area contributed by atoms with E-state index in [9.17, 15) is 0 Å². The minimum Gasteiger partial charge on any atom is -0.455 e. The van der Waals surface area contributed by atoms with Crippen LogP contribution < -0.4 is 0 Å². The molecule has 0 spiro atoms. The lowest BCUT2D eigenvalue weighted by Gasteiger charge is -2.24. The van der Waals surface area contributed by atoms with Crippen molar-refractivity contribution in [1.82, 2.24) is 15.0 Å². The van der Waals surface area contributed by atoms with E-state index in [4.69, 9.17) is 14.4 Å². The average molecular weight is 668 g/mol. The fourth-order valence-electron chi connectivity index (χ4n) is 8.01. The lowest BCUT2D eigenvalue weighted by atomic mass is 9.80. The van der Waals surface area contributed by atoms with Crippen LogP contribution >= 0.6 is 0 Å². The summed E-state index contributed by atoms with van der Waals surface area (Å²) in [5.41, 5.74) is 15.7. The average Bonchev–Trinajstić information content (AvgIpc) is 3.70. The molecule has 6 aromatic carbocycles. The van der Waals surface area contributed by atoms with Gasteiger partial charge in [-0.1, -0.05) is 135 Å². The van der Waals surface area contributed by atoms with E-state index in [1.54, 1.807) is 0 Å². The summed E-state index contributed by atoms with van der Waals surface area (Å²) >= 11 is 0. The molecule has 0 atom stereocenters. The summed E-state index contributed by atoms with van der Waals surface area (Å²) in [7, 11) is 0. The first-order valence-corrected chi connectivity index (χ1v) is 17.7. The number of rotatable bonds is 5. The first-order chi connectivity index (χ1) is 25.5. The number of fused-ring (bicyclic) bond motifs is 6. The summed E-state index contributed by atoms with van der Waals surface area (Å²) in [6.07, 6.45) is 3.72. The van der Waals surface area contributed by atoms with E-state index in [-0.39, 0.29) is 5.41 Å². The number of aromatic nitrogens is 3. The van der Waals surface area contributed by atoms with Crippen LogP contribution in [0.25, 0.3) is 89.2 Å². The molecule has 0 N–H and O–H groups in total. The largest absolute Gasteiger partial charge is 0.455 e. The SMILES string of the molecule is CC1(C)c2ccccc2-c2nc(-c3cccc(-c4cccc(-c5cccc6c5oc5ccccc56)c4)c3)nc(-c3cccc(-c4cccnc4)c3)c21. The predicted molar refractivity (Wildman–Crippen MR) is 212 cm³/mol. The zero-order chi connectivity index (χ0) is 34.8. The van der Waals surface area contributed by atoms with Crippen molar-refractivity contribution < 1.29 is 4.42 Å². The first kappa shape index (κ1) is 30.2. The smallest absolute Gasteiger partial charge is 0.160 e. The molecule has 0 saturated carbocycles. The third kappa shape index (κ3) is 4.79. The third-order valence-electron chi connectivity index (χ3n) is 10.6. The fraction of sp³-hybridized carbons (Fsp3) is 0.0625. The lowest BCUT2D eigenvalue weighted by Crippen LogP contribution is -2.17. The van der Waals surface area contributed by atoms with Crippen LogP contribution in [0.2, 0.25) is 0 Å². The van der Waals surface area contributed by atoms with Gasteiger partial charge in [0, 0.05) is 62.0 Å². The van der Waals surface area contributed by atoms with Crippen LogP contribution in [0.3, 0.4) is 0 Å². The topological polar surface area (TPSA) is 51.8 Å². The minimum absolute atomic E-state index is 0.269. The number of para-hydroxylation sites is 2. The number of pyridine rings is 1. The Morgan fingerprint density at radius 3 is 1.90 bits per heavy atom. The zero-order valence-corrected chi connectivity index (χ0v) is 28.8. The van der Waals surface area contributed by atoms with Crippen molar-refractivity contribution in [3.05, 3.63) is 175 Å². The summed E-state index contributed by atoms with van der Waals surface area (Å²) < 4.78 is 6.40. The Labute approximate surface area is 302 Å². The third-order valence-corrected chi connectivity index (χ3v) is 10.6. The monoisotopic (exact) mass is 667 g/mol. The molecular weight excluding hydrogens is 635 g/mol. The maximum atomic E-state index is 6.40. The molecule has 4 heteroatoms. The highest BCUT2D eigenvalue weighted by Gasteiger charge is 2.40. The molecule has 3 aromatic heterocycles. The van der Waals surface area contributed by atoms with Gasteiger partial charge < -0.3 is 4.42 Å². The van der Waals surface area contributed by atoms with Crippen LogP contribution in [0, 0.1) is 0 Å². The summed E-state index contributed by atoms with van der Waals surface area (Å²) in [6.45, 7) is 4.57. The van der Waals surface area contributed by atoms with Crippen molar-refractivity contribution in [2.45, 2.75) is 19.3 Å². The van der Waals surface area contributed by atoms with Gasteiger partial charge in [-0.2, -0.15) is 0 Å². The van der Waals surface area contributed by atoms with E-state index in [0.29, 0.717) is 5.82 Å². The highest BCUT2D eigenvalue weighted by Crippen LogP contribution is 2.51. The van der Waals surface area contributed by atoms with Crippen LogP contribution in [0.4, 0.5) is 0 Å². The fourth-order valence-corrected chi connectivity index (χ4v) is 8.01. The van der Waals surface area contributed by atoms with E-state index < -0.39 is 0 Å². The van der Waals surface area contributed by atoms with Gasteiger partial charge in [0.05, 0.1) is 11.4 Å². The van der Waals surface area contributed by atoms with E-state index >= 15 is 0 Å². The van der Waals surface area contributed by atoms with Gasteiger partial charge in [0.15, 0.2) is 5.82 Å². The molecule has 9 aromatic rings. The number of nitrogens with zero attached hydrogens (tertiary/aromatic N) is 3. The molecule has 52 heavy (non-hydrogen) atoms. The Hall–Kier alpha value is -6.65. The molecule has 1 aliphatic carbocycles. The molecule has 0 radical (unpaired) electrons. The second kappa shape index (κ2) is 11.7. The van der Waals surface area contributed by atoms with Gasteiger partial charge in [-0.15, -0.1) is 0 Å². The molecule has 246 valence electrons. The molecule has 10 rings (SSSR count). The molecule has 0 amide bonds. The normalized spacial score (nSPS) is 13.0. The molecule has 0 bridgehead atoms. The van der Waals surface area contributed by atoms with Gasteiger partial charge in [0.2, 0.25) is 0 Å². The van der Waals surface area contributed by atoms with Crippen LogP contribution in [0.5, 0.6) is 0 Å². The summed E-state index contributed by atoms with van der Waals surface area (Å²) in [4.78, 5) is 15.1. The van der Waals surface area contributed by atoms with Crippen LogP contribution in [-0.2, 0) is 5.41 Å². The Bertz CT molecular complexity index is 2830. The van der Waals surface area contributed by atoms with Gasteiger partial charge in [0.25, 0.3) is 0 Å². The van der Waals surface area contributed by atoms with Crippen molar-refractivity contribution in [3.8, 4) is 67.3 Å². The number of hydrogen-bond donors (Lipinski definition) is 0. The van der Waals surface area contributed by atoms with E-state index in [1.807, 2.05) is 30.6 Å². The maximum absolute atomic E-state index is 6.40. The van der Waals surface area contributed by atoms with Crippen LogP contribution in [0.1, 0.15) is 25.0 Å². The summed E-state index contributed by atoms with van der Waals surface area (Å²) in [6, 6.07) is 53.3. The quantitative estimate of drug-likeness (QED) is 0.183. The second-order valence-electron chi connectivity index (χ2n) is 14.1. The number of benzene rings is 6. The second-order valence-corrected chi connectivity index (χ2v) is 14.1. The number of hydrogen-bond acceptors (Lipinski definition) is 4. The van der Waals surface area contributed by atoms with Gasteiger partial charge in [-0.25, -0.2) is 9.97 Å². The molecular formula is C48H33N3O. The van der Waals surface area contributed by atoms with Crippen LogP contribution in [-0.4, -0.2) is 15.0 Å². The van der Waals surface area contributed by atoms with Crippen molar-refractivity contribution >= 4 is 21.9 Å².